The van der Waals surface area contributed by atoms with Gasteiger partial charge in [-0.25, -0.2) is 4.79 Å². The van der Waals surface area contributed by atoms with E-state index in [0.717, 1.165) is 32.5 Å². The molecule has 0 aliphatic carbocycles. The van der Waals surface area contributed by atoms with E-state index < -0.39 is 0 Å². The van der Waals surface area contributed by atoms with Gasteiger partial charge in [0.15, 0.2) is 5.78 Å². The third kappa shape index (κ3) is 3.48. The monoisotopic (exact) mass is 350 g/mol. The Bertz CT molecular complexity index is 781. The van der Waals surface area contributed by atoms with Crippen LogP contribution in [-0.2, 0) is 0 Å². The van der Waals surface area contributed by atoms with Crippen molar-refractivity contribution in [1.29, 1.82) is 0 Å². The lowest BCUT2D eigenvalue weighted by Crippen LogP contribution is -2.43. The number of nitrogens with zero attached hydrogens (tertiary/aromatic N) is 2. The quantitative estimate of drug-likeness (QED) is 0.798. The third-order valence-corrected chi connectivity index (χ3v) is 5.25. The summed E-state index contributed by atoms with van der Waals surface area (Å²) in [5.41, 5.74) is 1.23. The van der Waals surface area contributed by atoms with Crippen molar-refractivity contribution < 1.29 is 14.3 Å². The lowest BCUT2D eigenvalue weighted by Gasteiger charge is -2.30. The summed E-state index contributed by atoms with van der Waals surface area (Å²) in [6.07, 6.45) is 1.74. The Hall–Kier alpha value is -2.66. The molecule has 2 aromatic rings. The molecular formula is C21H22N2O3. The van der Waals surface area contributed by atoms with Gasteiger partial charge in [0.2, 0.25) is 0 Å². The minimum absolute atomic E-state index is 0.0398. The van der Waals surface area contributed by atoms with Crippen molar-refractivity contribution in [3.8, 4) is 5.75 Å². The van der Waals surface area contributed by atoms with Crippen LogP contribution in [0, 0.1) is 0 Å². The second kappa shape index (κ2) is 7.30. The Morgan fingerprint density at radius 3 is 2.15 bits per heavy atom. The van der Waals surface area contributed by atoms with Crippen LogP contribution in [0.5, 0.6) is 5.75 Å². The minimum atomic E-state index is -0.291. The molecule has 0 radical (unpaired) electrons. The third-order valence-electron chi connectivity index (χ3n) is 5.25. The highest BCUT2D eigenvalue weighted by molar-refractivity contribution is 6.09. The molecule has 5 rings (SSSR count). The van der Waals surface area contributed by atoms with Gasteiger partial charge in [0, 0.05) is 43.3 Å². The zero-order valence-corrected chi connectivity index (χ0v) is 14.6. The zero-order chi connectivity index (χ0) is 17.9. The highest BCUT2D eigenvalue weighted by Crippen LogP contribution is 2.23. The molecule has 2 aromatic carbocycles. The highest BCUT2D eigenvalue weighted by Gasteiger charge is 2.32. The number of hydrogen-bond donors (Lipinski definition) is 0. The average molecular weight is 350 g/mol. The maximum absolute atomic E-state index is 12.6. The van der Waals surface area contributed by atoms with Crippen LogP contribution in [0.2, 0.25) is 0 Å². The summed E-state index contributed by atoms with van der Waals surface area (Å²) in [5, 5.41) is 0. The molecule has 0 aromatic heterocycles. The van der Waals surface area contributed by atoms with Gasteiger partial charge < -0.3 is 14.5 Å². The van der Waals surface area contributed by atoms with Gasteiger partial charge in [-0.2, -0.15) is 0 Å². The van der Waals surface area contributed by atoms with Crippen LogP contribution in [0.4, 0.5) is 4.79 Å². The number of benzene rings is 2. The number of ether oxygens (including phenoxy) is 1. The molecule has 0 saturated carbocycles. The summed E-state index contributed by atoms with van der Waals surface area (Å²) >= 11 is 0. The van der Waals surface area contributed by atoms with Crippen LogP contribution in [0.3, 0.4) is 0 Å². The van der Waals surface area contributed by atoms with Crippen LogP contribution < -0.4 is 4.74 Å². The average Bonchev–Trinajstić information content (AvgIpc) is 3.03. The molecule has 0 unspecified atom stereocenters. The van der Waals surface area contributed by atoms with Crippen LogP contribution in [0.25, 0.3) is 0 Å². The summed E-state index contributed by atoms with van der Waals surface area (Å²) in [4.78, 5) is 29.3. The second-order valence-electron chi connectivity index (χ2n) is 6.85. The standard InChI is InChI=1S/C21H22N2O3/c24-20(16-4-2-1-3-5-16)17-6-8-19(9-7-17)26-21(25)23-15-14-22-12-10-18(23)11-13-22/h1-9,18H,10-15H2. The first-order valence-corrected chi connectivity index (χ1v) is 9.11. The molecule has 3 saturated heterocycles. The lowest BCUT2D eigenvalue weighted by atomic mass is 10.0. The molecule has 2 bridgehead atoms. The SMILES string of the molecule is O=C(c1ccccc1)c1ccc(OC(=O)N2CCN3CCC2CC3)cc1. The fraction of sp³-hybridized carbons (Fsp3) is 0.333. The smallest absolute Gasteiger partial charge is 0.410 e. The predicted octanol–water partition coefficient (Wildman–Crippen LogP) is 3.20. The van der Waals surface area contributed by atoms with Crippen molar-refractivity contribution in [1.82, 2.24) is 9.80 Å². The molecule has 134 valence electrons. The molecule has 0 spiro atoms. The largest absolute Gasteiger partial charge is 0.415 e. The fourth-order valence-electron chi connectivity index (χ4n) is 3.72. The van der Waals surface area contributed by atoms with Crippen molar-refractivity contribution in [2.45, 2.75) is 18.9 Å². The second-order valence-corrected chi connectivity index (χ2v) is 6.85. The fourth-order valence-corrected chi connectivity index (χ4v) is 3.72. The van der Waals surface area contributed by atoms with E-state index in [4.69, 9.17) is 4.74 Å². The van der Waals surface area contributed by atoms with E-state index in [-0.39, 0.29) is 17.9 Å². The van der Waals surface area contributed by atoms with Gasteiger partial charge >= 0.3 is 6.09 Å². The zero-order valence-electron chi connectivity index (χ0n) is 14.6. The van der Waals surface area contributed by atoms with E-state index in [2.05, 4.69) is 4.90 Å². The maximum atomic E-state index is 12.6. The van der Waals surface area contributed by atoms with Crippen molar-refractivity contribution in [2.24, 2.45) is 0 Å². The maximum Gasteiger partial charge on any atom is 0.415 e. The molecule has 26 heavy (non-hydrogen) atoms. The van der Waals surface area contributed by atoms with Crippen LogP contribution >= 0.6 is 0 Å². The summed E-state index contributed by atoms with van der Waals surface area (Å²) < 4.78 is 5.56. The van der Waals surface area contributed by atoms with E-state index in [1.165, 1.54) is 0 Å². The number of fused-ring (bicyclic) bond motifs is 4. The number of rotatable bonds is 3. The van der Waals surface area contributed by atoms with Gasteiger partial charge in [-0.1, -0.05) is 30.3 Å². The number of piperidine rings is 1. The highest BCUT2D eigenvalue weighted by atomic mass is 16.6. The molecule has 3 aliphatic rings. The van der Waals surface area contributed by atoms with E-state index >= 15 is 0 Å². The first kappa shape index (κ1) is 16.8. The van der Waals surface area contributed by atoms with E-state index in [9.17, 15) is 9.59 Å². The number of carbonyl (C=O) groups is 2. The van der Waals surface area contributed by atoms with Crippen LogP contribution in [0.1, 0.15) is 28.8 Å². The van der Waals surface area contributed by atoms with E-state index in [1.54, 1.807) is 36.4 Å². The summed E-state index contributed by atoms with van der Waals surface area (Å²) in [6, 6.07) is 16.2. The van der Waals surface area contributed by atoms with Gasteiger partial charge in [0.25, 0.3) is 0 Å². The molecule has 0 N–H and O–H groups in total. The minimum Gasteiger partial charge on any atom is -0.410 e. The van der Waals surface area contributed by atoms with Gasteiger partial charge in [-0.05, 0) is 37.1 Å². The first-order valence-electron chi connectivity index (χ1n) is 9.11. The Kier molecular flexibility index (Phi) is 4.71. The molecule has 5 heteroatoms. The molecule has 0 atom stereocenters. The van der Waals surface area contributed by atoms with Gasteiger partial charge in [-0.15, -0.1) is 0 Å². The lowest BCUT2D eigenvalue weighted by molar-refractivity contribution is 0.103. The van der Waals surface area contributed by atoms with Crippen molar-refractivity contribution in [3.63, 3.8) is 0 Å². The molecule has 3 fully saturated rings. The molecule has 5 nitrogen and oxygen atoms in total. The molecule has 3 aliphatic heterocycles. The van der Waals surface area contributed by atoms with Gasteiger partial charge in [-0.3, -0.25) is 4.79 Å². The molecule has 3 heterocycles. The Balaban J connectivity index is 1.42. The van der Waals surface area contributed by atoms with Gasteiger partial charge in [0.1, 0.15) is 5.75 Å². The van der Waals surface area contributed by atoms with E-state index in [1.807, 2.05) is 23.1 Å². The molecule has 1 amide bonds. The van der Waals surface area contributed by atoms with Crippen LogP contribution in [-0.4, -0.2) is 53.9 Å². The normalized spacial score (nSPS) is 21.9. The van der Waals surface area contributed by atoms with Crippen molar-refractivity contribution in [2.75, 3.05) is 26.2 Å². The number of carbonyl (C=O) groups excluding carboxylic acids is 2. The van der Waals surface area contributed by atoms with E-state index in [0.29, 0.717) is 23.4 Å². The molecular weight excluding hydrogens is 328 g/mol. The predicted molar refractivity (Wildman–Crippen MR) is 98.5 cm³/mol. The topological polar surface area (TPSA) is 49.9 Å². The van der Waals surface area contributed by atoms with Crippen molar-refractivity contribution in [3.05, 3.63) is 65.7 Å². The summed E-state index contributed by atoms with van der Waals surface area (Å²) in [7, 11) is 0. The van der Waals surface area contributed by atoms with Crippen LogP contribution in [0.15, 0.2) is 54.6 Å². The summed E-state index contributed by atoms with van der Waals surface area (Å²) in [6.45, 7) is 3.75. The Labute approximate surface area is 153 Å². The first-order chi connectivity index (χ1) is 12.7. The Morgan fingerprint density at radius 1 is 0.808 bits per heavy atom. The van der Waals surface area contributed by atoms with Crippen molar-refractivity contribution >= 4 is 11.9 Å². The summed E-state index contributed by atoms with van der Waals surface area (Å²) in [5.74, 6) is 0.431. The Morgan fingerprint density at radius 2 is 1.46 bits per heavy atom. The number of hydrogen-bond acceptors (Lipinski definition) is 4. The number of amides is 1. The number of ketones is 1. The van der Waals surface area contributed by atoms with Gasteiger partial charge in [0.05, 0.1) is 0 Å².